The van der Waals surface area contributed by atoms with E-state index in [4.69, 9.17) is 0 Å². The third-order valence-corrected chi connectivity index (χ3v) is 1.74. The van der Waals surface area contributed by atoms with Crippen molar-refractivity contribution in [3.05, 3.63) is 52.3 Å². The molecule has 0 saturated carbocycles. The summed E-state index contributed by atoms with van der Waals surface area (Å²) in [7, 11) is 1.09. The van der Waals surface area contributed by atoms with Crippen molar-refractivity contribution in [3.8, 4) is 0 Å². The highest BCUT2D eigenvalue weighted by Gasteiger charge is 2.22. The number of anilines is 1. The van der Waals surface area contributed by atoms with Gasteiger partial charge in [-0.3, -0.25) is 10.1 Å². The summed E-state index contributed by atoms with van der Waals surface area (Å²) in [6, 6.07) is 8.76. The number of hydrogen-bond donors (Lipinski definition) is 1. The van der Waals surface area contributed by atoms with Gasteiger partial charge in [0.25, 0.3) is 0 Å². The number of nitrogens with zero attached hydrogens (tertiary/aromatic N) is 1. The zero-order valence-electron chi connectivity index (χ0n) is 8.54. The van der Waals surface area contributed by atoms with Crippen LogP contribution in [0, 0.1) is 10.1 Å². The number of benzene rings is 1. The smallest absolute Gasteiger partial charge is 0.411 e. The fourth-order valence-corrected chi connectivity index (χ4v) is 0.977. The highest BCUT2D eigenvalue weighted by molar-refractivity contribution is 5.86. The molecule has 1 aromatic rings. The number of esters is 1. The van der Waals surface area contributed by atoms with Crippen molar-refractivity contribution < 1.29 is 14.5 Å². The van der Waals surface area contributed by atoms with E-state index >= 15 is 0 Å². The molecule has 0 saturated heterocycles. The van der Waals surface area contributed by atoms with Crippen LogP contribution in [0.15, 0.2) is 42.2 Å². The van der Waals surface area contributed by atoms with Crippen LogP contribution < -0.4 is 5.32 Å². The van der Waals surface area contributed by atoms with E-state index in [9.17, 15) is 14.9 Å². The highest BCUT2D eigenvalue weighted by atomic mass is 16.6. The Balaban J connectivity index is 2.81. The summed E-state index contributed by atoms with van der Waals surface area (Å²) in [6.45, 7) is 0. The fraction of sp³-hybridized carbons (Fsp3) is 0.100. The lowest BCUT2D eigenvalue weighted by Crippen LogP contribution is -2.14. The summed E-state index contributed by atoms with van der Waals surface area (Å²) in [5, 5.41) is 13.2. The summed E-state index contributed by atoms with van der Waals surface area (Å²) < 4.78 is 4.27. The van der Waals surface area contributed by atoms with Crippen molar-refractivity contribution in [2.45, 2.75) is 0 Å². The lowest BCUT2D eigenvalue weighted by atomic mass is 10.3. The monoisotopic (exact) mass is 222 g/mol. The number of nitrogens with one attached hydrogen (secondary N) is 1. The summed E-state index contributed by atoms with van der Waals surface area (Å²) in [6.07, 6.45) is 1.00. The molecule has 84 valence electrons. The molecule has 6 nitrogen and oxygen atoms in total. The van der Waals surface area contributed by atoms with Crippen LogP contribution in [0.3, 0.4) is 0 Å². The van der Waals surface area contributed by atoms with E-state index in [0.717, 1.165) is 13.3 Å². The maximum atomic E-state index is 11.0. The fourth-order valence-electron chi connectivity index (χ4n) is 0.977. The van der Waals surface area contributed by atoms with Gasteiger partial charge in [0.1, 0.15) is 0 Å². The summed E-state index contributed by atoms with van der Waals surface area (Å²) >= 11 is 0. The molecule has 1 aromatic carbocycles. The average Bonchev–Trinajstić information content (AvgIpc) is 2.30. The first-order valence-corrected chi connectivity index (χ1v) is 4.39. The second kappa shape index (κ2) is 5.50. The lowest BCUT2D eigenvalue weighted by Gasteiger charge is -2.00. The predicted octanol–water partition coefficient (Wildman–Crippen LogP) is 1.39. The lowest BCUT2D eigenvalue weighted by molar-refractivity contribution is -0.421. The molecule has 0 unspecified atom stereocenters. The molecule has 0 aliphatic carbocycles. The number of rotatable bonds is 4. The van der Waals surface area contributed by atoms with E-state index in [-0.39, 0.29) is 0 Å². The molecule has 0 heterocycles. The number of nitro groups is 1. The van der Waals surface area contributed by atoms with Gasteiger partial charge in [-0.15, -0.1) is 0 Å². The van der Waals surface area contributed by atoms with Crippen LogP contribution in [0.25, 0.3) is 0 Å². The number of ether oxygens (including phenoxy) is 1. The first-order valence-electron chi connectivity index (χ1n) is 4.39. The van der Waals surface area contributed by atoms with E-state index in [1.807, 2.05) is 6.07 Å². The Morgan fingerprint density at radius 3 is 2.56 bits per heavy atom. The quantitative estimate of drug-likeness (QED) is 0.360. The minimum Gasteiger partial charge on any atom is -0.461 e. The van der Waals surface area contributed by atoms with E-state index in [1.54, 1.807) is 24.3 Å². The van der Waals surface area contributed by atoms with Gasteiger partial charge in [0.05, 0.1) is 18.2 Å². The van der Waals surface area contributed by atoms with Crippen LogP contribution in [0.1, 0.15) is 0 Å². The van der Waals surface area contributed by atoms with Gasteiger partial charge in [0, 0.05) is 5.69 Å². The van der Waals surface area contributed by atoms with Crippen LogP contribution in [0.5, 0.6) is 0 Å². The van der Waals surface area contributed by atoms with Crippen molar-refractivity contribution in [3.63, 3.8) is 0 Å². The van der Waals surface area contributed by atoms with Gasteiger partial charge >= 0.3 is 11.7 Å². The summed E-state index contributed by atoms with van der Waals surface area (Å²) in [4.78, 5) is 20.7. The second-order valence-corrected chi connectivity index (χ2v) is 2.79. The maximum Gasteiger partial charge on any atom is 0.411 e. The van der Waals surface area contributed by atoms with Gasteiger partial charge in [-0.05, 0) is 12.1 Å². The third kappa shape index (κ3) is 3.09. The molecule has 0 fully saturated rings. The molecule has 0 radical (unpaired) electrons. The Kier molecular flexibility index (Phi) is 4.02. The standard InChI is InChI=1S/C10H10N2O4/c1-16-10(13)9(12(14)15)7-11-8-5-3-2-4-6-8/h2-7,11H,1H3. The van der Waals surface area contributed by atoms with Gasteiger partial charge in [-0.25, -0.2) is 4.79 Å². The number of carbonyl (C=O) groups is 1. The zero-order chi connectivity index (χ0) is 12.0. The maximum absolute atomic E-state index is 11.0. The van der Waals surface area contributed by atoms with Crippen molar-refractivity contribution in [2.24, 2.45) is 0 Å². The summed E-state index contributed by atoms with van der Waals surface area (Å²) in [5.41, 5.74) is -0.00268. The first kappa shape index (κ1) is 11.7. The van der Waals surface area contributed by atoms with E-state index in [2.05, 4.69) is 10.1 Å². The molecule has 0 aliphatic rings. The summed E-state index contributed by atoms with van der Waals surface area (Å²) in [5.74, 6) is -0.992. The highest BCUT2D eigenvalue weighted by Crippen LogP contribution is 2.06. The van der Waals surface area contributed by atoms with Gasteiger partial charge in [0.15, 0.2) is 0 Å². The van der Waals surface area contributed by atoms with Crippen LogP contribution in [0.4, 0.5) is 5.69 Å². The average molecular weight is 222 g/mol. The van der Waals surface area contributed by atoms with E-state index in [1.165, 1.54) is 0 Å². The van der Waals surface area contributed by atoms with Gasteiger partial charge < -0.3 is 10.1 Å². The molecule has 0 aromatic heterocycles. The molecule has 16 heavy (non-hydrogen) atoms. The van der Waals surface area contributed by atoms with E-state index < -0.39 is 16.6 Å². The van der Waals surface area contributed by atoms with E-state index in [0.29, 0.717) is 5.69 Å². The molecule has 1 N–H and O–H groups in total. The molecular weight excluding hydrogens is 212 g/mol. The number of para-hydroxylation sites is 1. The number of methoxy groups -OCH3 is 1. The Morgan fingerprint density at radius 2 is 2.06 bits per heavy atom. The molecule has 0 aliphatic heterocycles. The van der Waals surface area contributed by atoms with Crippen LogP contribution in [0.2, 0.25) is 0 Å². The molecule has 0 amide bonds. The topological polar surface area (TPSA) is 81.5 Å². The zero-order valence-corrected chi connectivity index (χ0v) is 8.54. The van der Waals surface area contributed by atoms with Crippen LogP contribution in [-0.4, -0.2) is 18.0 Å². The number of hydrogen-bond acceptors (Lipinski definition) is 5. The van der Waals surface area contributed by atoms with Crippen LogP contribution >= 0.6 is 0 Å². The molecular formula is C10H10N2O4. The van der Waals surface area contributed by atoms with Gasteiger partial charge in [-0.1, -0.05) is 18.2 Å². The Hall–Kier alpha value is -2.37. The SMILES string of the molecule is COC(=O)C(=CNc1ccccc1)[N+](=O)[O-]. The minimum atomic E-state index is -0.992. The first-order chi connectivity index (χ1) is 7.65. The van der Waals surface area contributed by atoms with Gasteiger partial charge in [-0.2, -0.15) is 0 Å². The van der Waals surface area contributed by atoms with Gasteiger partial charge in [0.2, 0.25) is 0 Å². The van der Waals surface area contributed by atoms with Crippen molar-refractivity contribution >= 4 is 11.7 Å². The number of carbonyl (C=O) groups excluding carboxylic acids is 1. The Bertz CT molecular complexity index is 414. The minimum absolute atomic E-state index is 0.644. The molecule has 0 spiro atoms. The predicted molar refractivity (Wildman–Crippen MR) is 57.2 cm³/mol. The second-order valence-electron chi connectivity index (χ2n) is 2.79. The molecule has 6 heteroatoms. The molecule has 0 atom stereocenters. The molecule has 0 bridgehead atoms. The van der Waals surface area contributed by atoms with Crippen LogP contribution in [-0.2, 0) is 9.53 Å². The van der Waals surface area contributed by atoms with Crippen molar-refractivity contribution in [2.75, 3.05) is 12.4 Å². The van der Waals surface area contributed by atoms with Crippen molar-refractivity contribution in [1.29, 1.82) is 0 Å². The van der Waals surface area contributed by atoms with Crippen molar-refractivity contribution in [1.82, 2.24) is 0 Å². The Morgan fingerprint density at radius 1 is 1.44 bits per heavy atom. The largest absolute Gasteiger partial charge is 0.461 e. The molecule has 1 rings (SSSR count). The normalized spacial score (nSPS) is 10.7. The third-order valence-electron chi connectivity index (χ3n) is 1.74. The Labute approximate surface area is 91.7 Å².